The molecule has 56 heavy (non-hydrogen) atoms. The Morgan fingerprint density at radius 2 is 0.750 bits per heavy atom. The highest BCUT2D eigenvalue weighted by molar-refractivity contribution is 7.26. The maximum absolute atomic E-state index is 2.47. The third-order valence-corrected chi connectivity index (χ3v) is 11.9. The normalized spacial score (nSPS) is 11.2. The number of nitrogens with zero attached hydrogens (tertiary/aromatic N) is 1. The molecule has 1 aromatic heterocycles. The van der Waals surface area contributed by atoms with E-state index in [0.717, 1.165) is 11.4 Å². The molecule has 0 amide bonds. The van der Waals surface area contributed by atoms with E-state index in [1.165, 1.54) is 81.5 Å². The van der Waals surface area contributed by atoms with Crippen molar-refractivity contribution in [1.82, 2.24) is 0 Å². The van der Waals surface area contributed by atoms with E-state index in [9.17, 15) is 0 Å². The van der Waals surface area contributed by atoms with E-state index >= 15 is 0 Å². The maximum Gasteiger partial charge on any atom is 0.0640 e. The van der Waals surface area contributed by atoms with Gasteiger partial charge < -0.3 is 4.90 Å². The highest BCUT2D eigenvalue weighted by Gasteiger charge is 2.22. The van der Waals surface area contributed by atoms with Crippen molar-refractivity contribution < 1.29 is 0 Å². The van der Waals surface area contributed by atoms with Crippen LogP contribution in [-0.2, 0) is 0 Å². The lowest BCUT2D eigenvalue weighted by Gasteiger charge is -2.29. The molecular weight excluding hydrogens is 695 g/mol. The van der Waals surface area contributed by atoms with Gasteiger partial charge in [0.15, 0.2) is 0 Å². The number of hydrogen-bond acceptors (Lipinski definition) is 2. The number of rotatable bonds is 8. The van der Waals surface area contributed by atoms with Crippen molar-refractivity contribution in [3.63, 3.8) is 0 Å². The summed E-state index contributed by atoms with van der Waals surface area (Å²) < 4.78 is 2.56. The molecule has 0 bridgehead atoms. The SMILES string of the molecule is c1ccc(-c2ccc(N(c3ccc(-c4cc(-c5ccccc5)cc(-c5ccccc5)c4)cc3-c3ccccc3)c3cccc4c3sc3ccccc34)cc2)cc1. The van der Waals surface area contributed by atoms with Crippen LogP contribution in [0.25, 0.3) is 75.8 Å². The second-order valence-electron chi connectivity index (χ2n) is 14.1. The highest BCUT2D eigenvalue weighted by atomic mass is 32.1. The number of hydrogen-bond donors (Lipinski definition) is 0. The maximum atomic E-state index is 2.47. The Hall–Kier alpha value is -7.00. The Morgan fingerprint density at radius 1 is 0.286 bits per heavy atom. The summed E-state index contributed by atoms with van der Waals surface area (Å²) in [6.07, 6.45) is 0. The molecule has 0 fully saturated rings. The van der Waals surface area contributed by atoms with E-state index in [2.05, 4.69) is 229 Å². The van der Waals surface area contributed by atoms with Gasteiger partial charge in [0.05, 0.1) is 16.1 Å². The van der Waals surface area contributed by atoms with Crippen molar-refractivity contribution in [2.24, 2.45) is 0 Å². The minimum Gasteiger partial charge on any atom is -0.308 e. The van der Waals surface area contributed by atoms with Gasteiger partial charge in [-0.1, -0.05) is 170 Å². The van der Waals surface area contributed by atoms with Crippen LogP contribution in [-0.4, -0.2) is 0 Å². The molecule has 0 unspecified atom stereocenters. The second-order valence-corrected chi connectivity index (χ2v) is 15.2. The predicted octanol–water partition coefficient (Wildman–Crippen LogP) is 15.9. The topological polar surface area (TPSA) is 3.24 Å². The van der Waals surface area contributed by atoms with Crippen LogP contribution in [0.5, 0.6) is 0 Å². The van der Waals surface area contributed by atoms with E-state index in [1.807, 2.05) is 11.3 Å². The average Bonchev–Trinajstić information content (AvgIpc) is 3.67. The molecule has 0 saturated carbocycles. The minimum absolute atomic E-state index is 1.11. The zero-order chi connectivity index (χ0) is 37.3. The van der Waals surface area contributed by atoms with E-state index < -0.39 is 0 Å². The lowest BCUT2D eigenvalue weighted by atomic mass is 9.91. The van der Waals surface area contributed by atoms with Crippen LogP contribution in [0.4, 0.5) is 17.1 Å². The zero-order valence-electron chi connectivity index (χ0n) is 30.7. The molecule has 264 valence electrons. The molecule has 0 aliphatic heterocycles. The lowest BCUT2D eigenvalue weighted by Crippen LogP contribution is -2.11. The molecule has 0 atom stereocenters. The molecule has 0 spiro atoms. The molecule has 10 rings (SSSR count). The lowest BCUT2D eigenvalue weighted by molar-refractivity contribution is 1.30. The van der Waals surface area contributed by atoms with Crippen LogP contribution in [0, 0.1) is 0 Å². The molecule has 1 heterocycles. The van der Waals surface area contributed by atoms with Gasteiger partial charge >= 0.3 is 0 Å². The van der Waals surface area contributed by atoms with E-state index in [-0.39, 0.29) is 0 Å². The Morgan fingerprint density at radius 3 is 1.36 bits per heavy atom. The first kappa shape index (κ1) is 33.6. The number of anilines is 3. The van der Waals surface area contributed by atoms with Crippen molar-refractivity contribution >= 4 is 48.6 Å². The molecule has 10 aromatic rings. The third kappa shape index (κ3) is 6.36. The van der Waals surface area contributed by atoms with Gasteiger partial charge in [0, 0.05) is 26.7 Å². The van der Waals surface area contributed by atoms with Gasteiger partial charge in [-0.05, 0) is 105 Å². The highest BCUT2D eigenvalue weighted by Crippen LogP contribution is 2.48. The first-order valence-electron chi connectivity index (χ1n) is 19.1. The van der Waals surface area contributed by atoms with Crippen molar-refractivity contribution in [1.29, 1.82) is 0 Å². The van der Waals surface area contributed by atoms with E-state index in [4.69, 9.17) is 0 Å². The molecule has 2 heteroatoms. The fraction of sp³-hybridized carbons (Fsp3) is 0. The van der Waals surface area contributed by atoms with Gasteiger partial charge in [0.25, 0.3) is 0 Å². The third-order valence-electron chi connectivity index (χ3n) is 10.7. The summed E-state index contributed by atoms with van der Waals surface area (Å²) in [5.74, 6) is 0. The average molecular weight is 732 g/mol. The summed E-state index contributed by atoms with van der Waals surface area (Å²) in [5.41, 5.74) is 15.3. The number of fused-ring (bicyclic) bond motifs is 3. The molecular formula is C54H37NS. The Balaban J connectivity index is 1.20. The molecule has 1 nitrogen and oxygen atoms in total. The smallest absolute Gasteiger partial charge is 0.0640 e. The van der Waals surface area contributed by atoms with Crippen molar-refractivity contribution in [2.45, 2.75) is 0 Å². The molecule has 0 N–H and O–H groups in total. The van der Waals surface area contributed by atoms with Crippen LogP contribution in [0.1, 0.15) is 0 Å². The van der Waals surface area contributed by atoms with Crippen molar-refractivity contribution in [3.05, 3.63) is 224 Å². The van der Waals surface area contributed by atoms with Crippen LogP contribution in [0.15, 0.2) is 224 Å². The monoisotopic (exact) mass is 731 g/mol. The number of thiophene rings is 1. The molecule has 0 aliphatic rings. The largest absolute Gasteiger partial charge is 0.308 e. The van der Waals surface area contributed by atoms with Crippen molar-refractivity contribution in [2.75, 3.05) is 4.90 Å². The Kier molecular flexibility index (Phi) is 8.79. The summed E-state index contributed by atoms with van der Waals surface area (Å²) in [4.78, 5) is 2.47. The predicted molar refractivity (Wildman–Crippen MR) is 241 cm³/mol. The molecule has 0 aliphatic carbocycles. The van der Waals surface area contributed by atoms with Crippen LogP contribution >= 0.6 is 11.3 Å². The summed E-state index contributed by atoms with van der Waals surface area (Å²) in [5, 5.41) is 2.57. The minimum atomic E-state index is 1.11. The van der Waals surface area contributed by atoms with Gasteiger partial charge in [-0.3, -0.25) is 0 Å². The van der Waals surface area contributed by atoms with Crippen LogP contribution < -0.4 is 4.90 Å². The first-order chi connectivity index (χ1) is 27.8. The molecule has 0 saturated heterocycles. The Labute approximate surface area is 332 Å². The number of benzene rings is 9. The Bertz CT molecular complexity index is 2870. The fourth-order valence-electron chi connectivity index (χ4n) is 7.90. The van der Waals surface area contributed by atoms with E-state index in [0.29, 0.717) is 0 Å². The van der Waals surface area contributed by atoms with Gasteiger partial charge in [0.1, 0.15) is 0 Å². The van der Waals surface area contributed by atoms with Gasteiger partial charge in [-0.15, -0.1) is 11.3 Å². The first-order valence-corrected chi connectivity index (χ1v) is 19.9. The van der Waals surface area contributed by atoms with Crippen molar-refractivity contribution in [3.8, 4) is 55.6 Å². The van der Waals surface area contributed by atoms with Gasteiger partial charge in [-0.25, -0.2) is 0 Å². The van der Waals surface area contributed by atoms with Gasteiger partial charge in [-0.2, -0.15) is 0 Å². The molecule has 0 radical (unpaired) electrons. The van der Waals surface area contributed by atoms with Gasteiger partial charge in [0.2, 0.25) is 0 Å². The summed E-state index contributed by atoms with van der Waals surface area (Å²) in [6.45, 7) is 0. The second kappa shape index (κ2) is 14.7. The fourth-order valence-corrected chi connectivity index (χ4v) is 9.10. The summed E-state index contributed by atoms with van der Waals surface area (Å²) >= 11 is 1.86. The summed E-state index contributed by atoms with van der Waals surface area (Å²) in [6, 6.07) is 81.4. The molecule has 9 aromatic carbocycles. The van der Waals surface area contributed by atoms with Crippen LogP contribution in [0.3, 0.4) is 0 Å². The summed E-state index contributed by atoms with van der Waals surface area (Å²) in [7, 11) is 0. The van der Waals surface area contributed by atoms with E-state index in [1.54, 1.807) is 0 Å². The quantitative estimate of drug-likeness (QED) is 0.150. The van der Waals surface area contributed by atoms with Crippen LogP contribution in [0.2, 0.25) is 0 Å². The standard InChI is InChI=1S/C54H37NS/c1-5-16-38(17-6-1)41-28-31-47(32-29-41)55(52-26-15-25-49-48-24-13-14-27-53(48)56-54(49)52)51-33-30-43(37-50(51)42-22-11-4-12-23-42)46-35-44(39-18-7-2-8-19-39)34-45(36-46)40-20-9-3-10-21-40/h1-37H. The zero-order valence-corrected chi connectivity index (χ0v) is 31.5.